The number of halogens is 1. The maximum atomic E-state index is 13.1. The number of amides is 1. The summed E-state index contributed by atoms with van der Waals surface area (Å²) < 4.78 is 42.2. The Kier molecular flexibility index (Phi) is 8.36. The van der Waals surface area contributed by atoms with E-state index >= 15 is 0 Å². The second kappa shape index (κ2) is 11.1. The number of hydrogen-bond donors (Lipinski definition) is 1. The van der Waals surface area contributed by atoms with Gasteiger partial charge < -0.3 is 19.5 Å². The topological polar surface area (TPSA) is 128 Å². The summed E-state index contributed by atoms with van der Waals surface area (Å²) in [6, 6.07) is 8.45. The Morgan fingerprint density at radius 2 is 1.51 bits per heavy atom. The molecule has 1 aliphatic rings. The number of carbonyl (C=O) groups excluding carboxylic acids is 3. The van der Waals surface area contributed by atoms with E-state index in [0.717, 1.165) is 0 Å². The molecule has 0 unspecified atom stereocenters. The van der Waals surface area contributed by atoms with Gasteiger partial charge in [-0.3, -0.25) is 4.79 Å². The molecule has 0 atom stereocenters. The van der Waals surface area contributed by atoms with E-state index in [4.69, 9.17) is 25.8 Å². The van der Waals surface area contributed by atoms with E-state index in [1.54, 1.807) is 0 Å². The highest BCUT2D eigenvalue weighted by molar-refractivity contribution is 7.89. The number of nitrogens with zero attached hydrogens (tertiary/aromatic N) is 1. The Morgan fingerprint density at radius 3 is 2.03 bits per heavy atom. The molecule has 35 heavy (non-hydrogen) atoms. The molecule has 1 fully saturated rings. The number of ether oxygens (including phenoxy) is 3. The Balaban J connectivity index is 1.73. The normalized spacial score (nSPS) is 14.7. The quantitative estimate of drug-likeness (QED) is 0.547. The van der Waals surface area contributed by atoms with Crippen LogP contribution in [0.2, 0.25) is 5.02 Å². The molecule has 3 rings (SSSR count). The van der Waals surface area contributed by atoms with Gasteiger partial charge in [0.2, 0.25) is 15.9 Å². The van der Waals surface area contributed by atoms with Gasteiger partial charge >= 0.3 is 11.9 Å². The molecular formula is C23H25ClN2O8S. The zero-order chi connectivity index (χ0) is 25.8. The molecule has 188 valence electrons. The molecule has 0 saturated carbocycles. The molecule has 0 radical (unpaired) electrons. The molecule has 2 aromatic rings. The van der Waals surface area contributed by atoms with Crippen molar-refractivity contribution < 1.29 is 37.0 Å². The summed E-state index contributed by atoms with van der Waals surface area (Å²) in [6.45, 7) is 0.234. The van der Waals surface area contributed by atoms with Crippen molar-refractivity contribution in [2.24, 2.45) is 5.92 Å². The first kappa shape index (κ1) is 26.5. The molecule has 0 aromatic heterocycles. The third-order valence-corrected chi connectivity index (χ3v) is 7.77. The highest BCUT2D eigenvalue weighted by atomic mass is 35.5. The predicted octanol–water partition coefficient (Wildman–Crippen LogP) is 2.96. The minimum atomic E-state index is -3.88. The smallest absolute Gasteiger partial charge is 0.337 e. The first-order valence-electron chi connectivity index (χ1n) is 10.6. The van der Waals surface area contributed by atoms with Crippen LogP contribution in [0.1, 0.15) is 33.6 Å². The van der Waals surface area contributed by atoms with E-state index in [9.17, 15) is 22.8 Å². The van der Waals surface area contributed by atoms with Crippen LogP contribution in [0.15, 0.2) is 41.3 Å². The number of nitrogens with one attached hydrogen (secondary N) is 1. The lowest BCUT2D eigenvalue weighted by Crippen LogP contribution is -2.41. The number of methoxy groups -OCH3 is 3. The number of hydrogen-bond acceptors (Lipinski definition) is 8. The third-order valence-electron chi connectivity index (χ3n) is 5.61. The van der Waals surface area contributed by atoms with Crippen LogP contribution in [-0.2, 0) is 24.3 Å². The minimum absolute atomic E-state index is 0.0367. The SMILES string of the molecule is COC(=O)c1cc(NC(=O)C2CCN(S(=O)(=O)c3cc(Cl)ccc3OC)CC2)cc(C(=O)OC)c1. The fourth-order valence-corrected chi connectivity index (χ4v) is 5.65. The lowest BCUT2D eigenvalue weighted by molar-refractivity contribution is -0.120. The Hall–Kier alpha value is -3.15. The summed E-state index contributed by atoms with van der Waals surface area (Å²) in [4.78, 5) is 36.8. The molecule has 12 heteroatoms. The van der Waals surface area contributed by atoms with Crippen LogP contribution >= 0.6 is 11.6 Å². The lowest BCUT2D eigenvalue weighted by atomic mass is 9.97. The maximum Gasteiger partial charge on any atom is 0.337 e. The summed E-state index contributed by atoms with van der Waals surface area (Å²) in [7, 11) is -0.106. The molecule has 1 aliphatic heterocycles. The van der Waals surface area contributed by atoms with Crippen LogP contribution in [0, 0.1) is 5.92 Å². The molecule has 10 nitrogen and oxygen atoms in total. The number of benzene rings is 2. The van der Waals surface area contributed by atoms with Crippen molar-refractivity contribution in [2.75, 3.05) is 39.7 Å². The van der Waals surface area contributed by atoms with E-state index in [2.05, 4.69) is 5.32 Å². The van der Waals surface area contributed by atoms with Crippen molar-refractivity contribution in [3.8, 4) is 5.75 Å². The maximum absolute atomic E-state index is 13.1. The Morgan fingerprint density at radius 1 is 0.943 bits per heavy atom. The first-order valence-corrected chi connectivity index (χ1v) is 12.4. The van der Waals surface area contributed by atoms with Crippen LogP contribution < -0.4 is 10.1 Å². The highest BCUT2D eigenvalue weighted by Gasteiger charge is 2.34. The summed E-state index contributed by atoms with van der Waals surface area (Å²) in [6.07, 6.45) is 0.545. The van der Waals surface area contributed by atoms with Crippen LogP contribution in [0.5, 0.6) is 5.75 Å². The molecule has 0 aliphatic carbocycles. The second-order valence-corrected chi connectivity index (χ2v) is 10.1. The van der Waals surface area contributed by atoms with Crippen LogP contribution in [0.4, 0.5) is 5.69 Å². The van der Waals surface area contributed by atoms with E-state index in [0.29, 0.717) is 0 Å². The summed E-state index contributed by atoms with van der Waals surface area (Å²) in [5.41, 5.74) is 0.362. The zero-order valence-corrected chi connectivity index (χ0v) is 20.9. The van der Waals surface area contributed by atoms with Gasteiger partial charge in [0.25, 0.3) is 0 Å². The van der Waals surface area contributed by atoms with Gasteiger partial charge in [-0.2, -0.15) is 4.31 Å². The first-order chi connectivity index (χ1) is 16.6. The van der Waals surface area contributed by atoms with Gasteiger partial charge in [-0.1, -0.05) is 11.6 Å². The van der Waals surface area contributed by atoms with Crippen molar-refractivity contribution in [3.63, 3.8) is 0 Å². The Labute approximate surface area is 208 Å². The monoisotopic (exact) mass is 524 g/mol. The van der Waals surface area contributed by atoms with E-state index < -0.39 is 27.9 Å². The molecule has 1 amide bonds. The van der Waals surface area contributed by atoms with Crippen LogP contribution in [-0.4, -0.2) is 65.0 Å². The van der Waals surface area contributed by atoms with Crippen molar-refractivity contribution in [3.05, 3.63) is 52.5 Å². The zero-order valence-electron chi connectivity index (χ0n) is 19.4. The highest BCUT2D eigenvalue weighted by Crippen LogP contribution is 2.32. The van der Waals surface area contributed by atoms with Crippen molar-refractivity contribution in [1.82, 2.24) is 4.31 Å². The number of sulfonamides is 1. The van der Waals surface area contributed by atoms with E-state index in [1.165, 1.54) is 62.0 Å². The second-order valence-electron chi connectivity index (χ2n) is 7.74. The number of carbonyl (C=O) groups is 3. The molecule has 1 N–H and O–H groups in total. The number of rotatable bonds is 7. The number of esters is 2. The Bertz CT molecular complexity index is 1210. The summed E-state index contributed by atoms with van der Waals surface area (Å²) >= 11 is 5.99. The molecule has 0 spiro atoms. The lowest BCUT2D eigenvalue weighted by Gasteiger charge is -2.31. The molecule has 1 heterocycles. The number of piperidine rings is 1. The molecule has 2 aromatic carbocycles. The van der Waals surface area contributed by atoms with Gasteiger partial charge in [0.05, 0.1) is 32.5 Å². The van der Waals surface area contributed by atoms with Crippen molar-refractivity contribution in [1.29, 1.82) is 0 Å². The van der Waals surface area contributed by atoms with Crippen molar-refractivity contribution >= 4 is 45.2 Å². The largest absolute Gasteiger partial charge is 0.495 e. The van der Waals surface area contributed by atoms with Gasteiger partial charge in [0, 0.05) is 29.7 Å². The van der Waals surface area contributed by atoms with Gasteiger partial charge in [-0.15, -0.1) is 0 Å². The fourth-order valence-electron chi connectivity index (χ4n) is 3.77. The van der Waals surface area contributed by atoms with Gasteiger partial charge in [0.1, 0.15) is 10.6 Å². The number of anilines is 1. The van der Waals surface area contributed by atoms with Crippen LogP contribution in [0.25, 0.3) is 0 Å². The standard InChI is InChI=1S/C23H25ClN2O8S/c1-32-19-5-4-17(24)13-20(19)35(30,31)26-8-6-14(7-9-26)21(27)25-18-11-15(22(28)33-2)10-16(12-18)23(29)34-3/h4-5,10-14H,6-9H2,1-3H3,(H,25,27). The third kappa shape index (κ3) is 5.92. The summed E-state index contributed by atoms with van der Waals surface area (Å²) in [5.74, 6) is -2.02. The summed E-state index contributed by atoms with van der Waals surface area (Å²) in [5, 5.41) is 2.96. The average molecular weight is 525 g/mol. The van der Waals surface area contributed by atoms with Gasteiger partial charge in [-0.25, -0.2) is 18.0 Å². The van der Waals surface area contributed by atoms with Crippen LogP contribution in [0.3, 0.4) is 0 Å². The predicted molar refractivity (Wildman–Crippen MR) is 127 cm³/mol. The van der Waals surface area contributed by atoms with E-state index in [-0.39, 0.29) is 64.3 Å². The molecule has 1 saturated heterocycles. The molecule has 0 bridgehead atoms. The minimum Gasteiger partial charge on any atom is -0.495 e. The van der Waals surface area contributed by atoms with Gasteiger partial charge in [0.15, 0.2) is 0 Å². The fraction of sp³-hybridized carbons (Fsp3) is 0.348. The van der Waals surface area contributed by atoms with E-state index in [1.807, 2.05) is 0 Å². The van der Waals surface area contributed by atoms with Gasteiger partial charge in [-0.05, 0) is 49.2 Å². The molecular weight excluding hydrogens is 500 g/mol. The van der Waals surface area contributed by atoms with Crippen molar-refractivity contribution in [2.45, 2.75) is 17.7 Å². The average Bonchev–Trinajstić information content (AvgIpc) is 2.87.